The third-order valence-electron chi connectivity index (χ3n) is 5.95. The smallest absolute Gasteiger partial charge is 0.232 e. The van der Waals surface area contributed by atoms with E-state index in [0.717, 1.165) is 54.8 Å². The molecular weight excluding hydrogens is 454 g/mol. The highest BCUT2D eigenvalue weighted by Gasteiger charge is 2.20. The van der Waals surface area contributed by atoms with Crippen molar-refractivity contribution in [2.75, 3.05) is 49.2 Å². The number of aromatic nitrogens is 3. The molecule has 4 aromatic rings. The molecule has 1 aliphatic rings. The van der Waals surface area contributed by atoms with Crippen LogP contribution in [0.4, 0.5) is 23.3 Å². The summed E-state index contributed by atoms with van der Waals surface area (Å²) in [6.45, 7) is 4.16. The van der Waals surface area contributed by atoms with Crippen molar-refractivity contribution in [3.8, 4) is 17.2 Å². The summed E-state index contributed by atoms with van der Waals surface area (Å²) in [4.78, 5) is 17.9. The van der Waals surface area contributed by atoms with Crippen LogP contribution in [0.15, 0.2) is 78.9 Å². The molecule has 9 nitrogen and oxygen atoms in total. The van der Waals surface area contributed by atoms with Gasteiger partial charge in [-0.2, -0.15) is 15.0 Å². The number of rotatable bonds is 8. The number of nitrogen functional groups attached to an aromatic ring is 1. The summed E-state index contributed by atoms with van der Waals surface area (Å²) in [5.41, 5.74) is 7.95. The van der Waals surface area contributed by atoms with E-state index in [9.17, 15) is 0 Å². The van der Waals surface area contributed by atoms with Gasteiger partial charge in [-0.3, -0.25) is 4.90 Å². The molecule has 184 valence electrons. The maximum Gasteiger partial charge on any atom is 0.232 e. The lowest BCUT2D eigenvalue weighted by atomic mass is 10.2. The molecular formula is C27H29N7O2. The van der Waals surface area contributed by atoms with Crippen LogP contribution in [-0.4, -0.2) is 53.1 Å². The number of nitrogens with one attached hydrogen (secondary N) is 1. The third-order valence-corrected chi connectivity index (χ3v) is 5.95. The molecule has 0 spiro atoms. The Hall–Kier alpha value is -4.37. The minimum atomic E-state index is 0.194. The van der Waals surface area contributed by atoms with Gasteiger partial charge >= 0.3 is 0 Å². The molecule has 0 radical (unpaired) electrons. The first-order valence-electron chi connectivity index (χ1n) is 11.9. The maximum atomic E-state index is 6.00. The van der Waals surface area contributed by atoms with E-state index in [0.29, 0.717) is 18.3 Å². The Labute approximate surface area is 210 Å². The predicted molar refractivity (Wildman–Crippen MR) is 141 cm³/mol. The zero-order chi connectivity index (χ0) is 24.7. The standard InChI is InChI=1S/C27H29N7O2/c1-35-24-10-6-5-9-23(24)34-17-15-33(16-18-34)19-25-30-26(28)32-27(31-25)29-20-11-13-22(14-12-20)36-21-7-3-2-4-8-21/h2-14H,15-19H2,1H3,(H3,28,29,30,31,32). The SMILES string of the molecule is COc1ccccc1N1CCN(Cc2nc(N)nc(Nc3ccc(Oc4ccccc4)cc3)n2)CC1. The first-order valence-corrected chi connectivity index (χ1v) is 11.9. The number of benzene rings is 3. The van der Waals surface area contributed by atoms with Crippen LogP contribution in [0.3, 0.4) is 0 Å². The molecule has 0 bridgehead atoms. The van der Waals surface area contributed by atoms with E-state index in [1.54, 1.807) is 7.11 Å². The quantitative estimate of drug-likeness (QED) is 0.379. The highest BCUT2D eigenvalue weighted by Crippen LogP contribution is 2.28. The number of anilines is 4. The number of ether oxygens (including phenoxy) is 2. The molecule has 1 saturated heterocycles. The fraction of sp³-hybridized carbons (Fsp3) is 0.222. The highest BCUT2D eigenvalue weighted by atomic mass is 16.5. The fourth-order valence-electron chi connectivity index (χ4n) is 4.16. The molecule has 3 aromatic carbocycles. The van der Waals surface area contributed by atoms with Crippen LogP contribution < -0.4 is 25.4 Å². The van der Waals surface area contributed by atoms with Crippen molar-refractivity contribution in [3.63, 3.8) is 0 Å². The van der Waals surface area contributed by atoms with Gasteiger partial charge in [-0.1, -0.05) is 30.3 Å². The van der Waals surface area contributed by atoms with Gasteiger partial charge in [0, 0.05) is 31.9 Å². The minimum absolute atomic E-state index is 0.194. The Kier molecular flexibility index (Phi) is 7.09. The normalized spacial score (nSPS) is 13.9. The van der Waals surface area contributed by atoms with Gasteiger partial charge < -0.3 is 25.4 Å². The number of hydrogen-bond donors (Lipinski definition) is 2. The van der Waals surface area contributed by atoms with Crippen molar-refractivity contribution in [1.82, 2.24) is 19.9 Å². The number of nitrogens with two attached hydrogens (primary N) is 1. The lowest BCUT2D eigenvalue weighted by Gasteiger charge is -2.36. The molecule has 0 unspecified atom stereocenters. The van der Waals surface area contributed by atoms with E-state index in [1.807, 2.05) is 72.8 Å². The number of methoxy groups -OCH3 is 1. The Balaban J connectivity index is 1.19. The van der Waals surface area contributed by atoms with Crippen LogP contribution in [0.5, 0.6) is 17.2 Å². The Morgan fingerprint density at radius 1 is 0.806 bits per heavy atom. The summed E-state index contributed by atoms with van der Waals surface area (Å²) in [7, 11) is 1.71. The van der Waals surface area contributed by atoms with Crippen molar-refractivity contribution in [1.29, 1.82) is 0 Å². The molecule has 9 heteroatoms. The van der Waals surface area contributed by atoms with E-state index >= 15 is 0 Å². The summed E-state index contributed by atoms with van der Waals surface area (Å²) < 4.78 is 11.4. The summed E-state index contributed by atoms with van der Waals surface area (Å²) >= 11 is 0. The lowest BCUT2D eigenvalue weighted by Crippen LogP contribution is -2.46. The molecule has 1 aliphatic heterocycles. The second-order valence-electron chi connectivity index (χ2n) is 8.43. The van der Waals surface area contributed by atoms with Gasteiger partial charge in [0.05, 0.1) is 19.3 Å². The predicted octanol–water partition coefficient (Wildman–Crippen LogP) is 4.32. The van der Waals surface area contributed by atoms with Crippen molar-refractivity contribution in [3.05, 3.63) is 84.7 Å². The van der Waals surface area contributed by atoms with Crippen molar-refractivity contribution in [2.45, 2.75) is 6.54 Å². The molecule has 2 heterocycles. The Morgan fingerprint density at radius 2 is 1.50 bits per heavy atom. The number of hydrogen-bond acceptors (Lipinski definition) is 9. The third kappa shape index (κ3) is 5.81. The Bertz CT molecular complexity index is 1280. The van der Waals surface area contributed by atoms with E-state index < -0.39 is 0 Å². The maximum absolute atomic E-state index is 6.00. The highest BCUT2D eigenvalue weighted by molar-refractivity contribution is 5.59. The average Bonchev–Trinajstić information content (AvgIpc) is 2.90. The first kappa shape index (κ1) is 23.4. The molecule has 1 fully saturated rings. The van der Waals surface area contributed by atoms with Crippen LogP contribution in [0.2, 0.25) is 0 Å². The molecule has 36 heavy (non-hydrogen) atoms. The largest absolute Gasteiger partial charge is 0.495 e. The Morgan fingerprint density at radius 3 is 2.25 bits per heavy atom. The van der Waals surface area contributed by atoms with Crippen LogP contribution in [0.1, 0.15) is 5.82 Å². The summed E-state index contributed by atoms with van der Waals surface area (Å²) in [5, 5.41) is 3.22. The van der Waals surface area contributed by atoms with E-state index in [1.165, 1.54) is 0 Å². The summed E-state index contributed by atoms with van der Waals surface area (Å²) in [6.07, 6.45) is 0. The van der Waals surface area contributed by atoms with Gasteiger partial charge in [0.1, 0.15) is 23.1 Å². The van der Waals surface area contributed by atoms with Crippen molar-refractivity contribution >= 4 is 23.3 Å². The van der Waals surface area contributed by atoms with Gasteiger partial charge in [0.25, 0.3) is 0 Å². The lowest BCUT2D eigenvalue weighted by molar-refractivity contribution is 0.243. The van der Waals surface area contributed by atoms with Gasteiger partial charge in [-0.25, -0.2) is 0 Å². The fourth-order valence-corrected chi connectivity index (χ4v) is 4.16. The van der Waals surface area contributed by atoms with Crippen LogP contribution >= 0.6 is 0 Å². The topological polar surface area (TPSA) is 102 Å². The number of piperazine rings is 1. The second-order valence-corrected chi connectivity index (χ2v) is 8.43. The van der Waals surface area contributed by atoms with Gasteiger partial charge in [0.15, 0.2) is 0 Å². The molecule has 0 amide bonds. The molecule has 0 saturated carbocycles. The zero-order valence-corrected chi connectivity index (χ0v) is 20.2. The summed E-state index contributed by atoms with van der Waals surface area (Å²) in [5.74, 6) is 3.68. The van der Waals surface area contributed by atoms with Crippen molar-refractivity contribution in [2.24, 2.45) is 0 Å². The summed E-state index contributed by atoms with van der Waals surface area (Å²) in [6, 6.07) is 25.4. The van der Waals surface area contributed by atoms with Crippen molar-refractivity contribution < 1.29 is 9.47 Å². The van der Waals surface area contributed by atoms with E-state index in [2.05, 4.69) is 36.1 Å². The van der Waals surface area contributed by atoms with Gasteiger partial charge in [-0.15, -0.1) is 0 Å². The van der Waals surface area contributed by atoms with Crippen LogP contribution in [-0.2, 0) is 6.54 Å². The second kappa shape index (κ2) is 10.9. The van der Waals surface area contributed by atoms with Crippen LogP contribution in [0, 0.1) is 0 Å². The monoisotopic (exact) mass is 483 g/mol. The zero-order valence-electron chi connectivity index (χ0n) is 20.2. The van der Waals surface area contributed by atoms with Gasteiger partial charge in [-0.05, 0) is 48.5 Å². The minimum Gasteiger partial charge on any atom is -0.495 e. The average molecular weight is 484 g/mol. The van der Waals surface area contributed by atoms with E-state index in [4.69, 9.17) is 15.2 Å². The van der Waals surface area contributed by atoms with E-state index in [-0.39, 0.29) is 5.95 Å². The number of nitrogens with zero attached hydrogens (tertiary/aromatic N) is 5. The molecule has 1 aromatic heterocycles. The molecule has 5 rings (SSSR count). The molecule has 3 N–H and O–H groups in total. The first-order chi connectivity index (χ1) is 17.7. The molecule has 0 atom stereocenters. The van der Waals surface area contributed by atoms with Gasteiger partial charge in [0.2, 0.25) is 11.9 Å². The van der Waals surface area contributed by atoms with Crippen LogP contribution in [0.25, 0.3) is 0 Å². The number of para-hydroxylation sites is 3. The molecule has 0 aliphatic carbocycles.